The number of hydrogen-bond donors (Lipinski definition) is 7. The molecule has 4 atom stereocenters. The first-order chi connectivity index (χ1) is 14.3. The maximum absolute atomic E-state index is 12.8. The number of nitrogens with one attached hydrogen (secondary N) is 4. The van der Waals surface area contributed by atoms with Gasteiger partial charge in [-0.05, 0) is 25.2 Å². The number of aliphatic hydroxyl groups excluding tert-OH is 1. The van der Waals surface area contributed by atoms with Crippen LogP contribution in [0.25, 0.3) is 0 Å². The Labute approximate surface area is 181 Å². The summed E-state index contributed by atoms with van der Waals surface area (Å²) in [6.07, 6.45) is 0.264. The van der Waals surface area contributed by atoms with Gasteiger partial charge < -0.3 is 37.2 Å². The number of aliphatic hydroxyl groups is 1. The Balaban J connectivity index is 5.23. The van der Waals surface area contributed by atoms with E-state index in [0.29, 0.717) is 0 Å². The Morgan fingerprint density at radius 2 is 1.42 bits per heavy atom. The zero-order valence-electron chi connectivity index (χ0n) is 18.6. The van der Waals surface area contributed by atoms with Crippen molar-refractivity contribution < 1.29 is 34.2 Å². The number of carboxylic acid groups (broad SMARTS) is 1. The van der Waals surface area contributed by atoms with Crippen molar-refractivity contribution in [2.45, 2.75) is 65.2 Å². The van der Waals surface area contributed by atoms with Crippen molar-refractivity contribution in [2.24, 2.45) is 17.6 Å². The maximum atomic E-state index is 12.8. The van der Waals surface area contributed by atoms with Crippen molar-refractivity contribution in [2.75, 3.05) is 13.2 Å². The van der Waals surface area contributed by atoms with E-state index in [9.17, 15) is 24.0 Å². The molecule has 0 aromatic rings. The summed E-state index contributed by atoms with van der Waals surface area (Å²) in [6.45, 7) is 7.28. The molecule has 0 saturated heterocycles. The van der Waals surface area contributed by atoms with Crippen molar-refractivity contribution in [3.05, 3.63) is 0 Å². The predicted octanol–water partition coefficient (Wildman–Crippen LogP) is -2.32. The molecule has 12 heteroatoms. The number of carbonyl (C=O) groups excluding carboxylic acids is 4. The van der Waals surface area contributed by atoms with Crippen LogP contribution in [0, 0.1) is 11.8 Å². The number of hydrogen-bond acceptors (Lipinski definition) is 7. The first-order valence-corrected chi connectivity index (χ1v) is 10.1. The second-order valence-corrected chi connectivity index (χ2v) is 8.07. The highest BCUT2D eigenvalue weighted by atomic mass is 16.4. The summed E-state index contributed by atoms with van der Waals surface area (Å²) in [7, 11) is 0. The number of carbonyl (C=O) groups is 5. The number of carboxylic acids is 1. The van der Waals surface area contributed by atoms with Crippen LogP contribution < -0.4 is 27.0 Å². The minimum absolute atomic E-state index is 0.0202. The standard InChI is InChI=1S/C19H35N5O7/c1-9(2)6-12(22-14(26)7-21-16(27)11(5)20)17(28)24-15(10(3)4)18(29)23-13(8-25)19(30)31/h9-13,15,25H,6-8,20H2,1-5H3,(H,21,27)(H,22,26)(H,23,29)(H,24,28)(H,30,31)/t11-,12-,13-,15-/m0/s1. The fourth-order valence-corrected chi connectivity index (χ4v) is 2.51. The van der Waals surface area contributed by atoms with Crippen LogP contribution in [-0.2, 0) is 24.0 Å². The molecule has 0 aliphatic rings. The molecule has 0 aromatic carbocycles. The highest BCUT2D eigenvalue weighted by Crippen LogP contribution is 2.08. The quantitative estimate of drug-likeness (QED) is 0.164. The van der Waals surface area contributed by atoms with Crippen molar-refractivity contribution in [3.8, 4) is 0 Å². The molecule has 0 aromatic heterocycles. The molecule has 178 valence electrons. The highest BCUT2D eigenvalue weighted by molar-refractivity contribution is 5.94. The molecule has 0 heterocycles. The first-order valence-electron chi connectivity index (χ1n) is 10.1. The van der Waals surface area contributed by atoms with Gasteiger partial charge in [0.2, 0.25) is 23.6 Å². The summed E-state index contributed by atoms with van der Waals surface area (Å²) in [6, 6.07) is -4.38. The van der Waals surface area contributed by atoms with Gasteiger partial charge in [0, 0.05) is 0 Å². The molecule has 8 N–H and O–H groups in total. The lowest BCUT2D eigenvalue weighted by atomic mass is 9.99. The van der Waals surface area contributed by atoms with Crippen LogP contribution >= 0.6 is 0 Å². The highest BCUT2D eigenvalue weighted by Gasteiger charge is 2.31. The van der Waals surface area contributed by atoms with Crippen molar-refractivity contribution >= 4 is 29.6 Å². The van der Waals surface area contributed by atoms with Crippen molar-refractivity contribution in [3.63, 3.8) is 0 Å². The molecule has 0 aliphatic heterocycles. The van der Waals surface area contributed by atoms with Crippen LogP contribution in [0.4, 0.5) is 0 Å². The summed E-state index contributed by atoms with van der Waals surface area (Å²) in [5, 5.41) is 27.6. The number of nitrogens with two attached hydrogens (primary N) is 1. The second-order valence-electron chi connectivity index (χ2n) is 8.07. The predicted molar refractivity (Wildman–Crippen MR) is 111 cm³/mol. The first kappa shape index (κ1) is 28.3. The molecule has 31 heavy (non-hydrogen) atoms. The molecule has 0 bridgehead atoms. The molecule has 0 aliphatic carbocycles. The van der Waals surface area contributed by atoms with E-state index in [1.54, 1.807) is 13.8 Å². The Morgan fingerprint density at radius 3 is 1.84 bits per heavy atom. The molecular formula is C19H35N5O7. The van der Waals surface area contributed by atoms with Gasteiger partial charge in [-0.1, -0.05) is 27.7 Å². The minimum atomic E-state index is -1.51. The van der Waals surface area contributed by atoms with Gasteiger partial charge in [-0.25, -0.2) is 4.79 Å². The van der Waals surface area contributed by atoms with Crippen LogP contribution in [-0.4, -0.2) is 77.1 Å². The lowest BCUT2D eigenvalue weighted by Gasteiger charge is -2.27. The monoisotopic (exact) mass is 445 g/mol. The second kappa shape index (κ2) is 13.5. The van der Waals surface area contributed by atoms with Gasteiger partial charge in [0.25, 0.3) is 0 Å². The summed E-state index contributed by atoms with van der Waals surface area (Å²) < 4.78 is 0. The van der Waals surface area contributed by atoms with E-state index in [1.807, 2.05) is 13.8 Å². The minimum Gasteiger partial charge on any atom is -0.480 e. The number of amides is 4. The van der Waals surface area contributed by atoms with Crippen molar-refractivity contribution in [1.82, 2.24) is 21.3 Å². The van der Waals surface area contributed by atoms with Crippen LogP contribution in [0.15, 0.2) is 0 Å². The third-order valence-corrected chi connectivity index (χ3v) is 4.24. The van der Waals surface area contributed by atoms with E-state index in [2.05, 4.69) is 21.3 Å². The van der Waals surface area contributed by atoms with Gasteiger partial charge in [0.1, 0.15) is 18.1 Å². The van der Waals surface area contributed by atoms with Crippen LogP contribution in [0.5, 0.6) is 0 Å². The molecule has 0 radical (unpaired) electrons. The Hall–Kier alpha value is -2.73. The van der Waals surface area contributed by atoms with Gasteiger partial charge in [0.15, 0.2) is 0 Å². The van der Waals surface area contributed by atoms with E-state index >= 15 is 0 Å². The van der Waals surface area contributed by atoms with Gasteiger partial charge in [0.05, 0.1) is 19.2 Å². The van der Waals surface area contributed by atoms with Gasteiger partial charge >= 0.3 is 5.97 Å². The zero-order valence-corrected chi connectivity index (χ0v) is 18.6. The number of aliphatic carboxylic acids is 1. The third kappa shape index (κ3) is 10.7. The molecule has 0 unspecified atom stereocenters. The summed E-state index contributed by atoms with van der Waals surface area (Å²) in [5.74, 6) is -4.33. The van der Waals surface area contributed by atoms with Crippen molar-refractivity contribution in [1.29, 1.82) is 0 Å². The average Bonchev–Trinajstić information content (AvgIpc) is 2.66. The molecule has 4 amide bonds. The van der Waals surface area contributed by atoms with E-state index in [4.69, 9.17) is 15.9 Å². The molecular weight excluding hydrogens is 410 g/mol. The largest absolute Gasteiger partial charge is 0.480 e. The van der Waals surface area contributed by atoms with E-state index < -0.39 is 66.3 Å². The van der Waals surface area contributed by atoms with Crippen LogP contribution in [0.2, 0.25) is 0 Å². The van der Waals surface area contributed by atoms with Gasteiger partial charge in [-0.2, -0.15) is 0 Å². The molecule has 0 spiro atoms. The van der Waals surface area contributed by atoms with Gasteiger partial charge in [-0.15, -0.1) is 0 Å². The fraction of sp³-hybridized carbons (Fsp3) is 0.737. The average molecular weight is 446 g/mol. The maximum Gasteiger partial charge on any atom is 0.328 e. The molecule has 0 saturated carbocycles. The van der Waals surface area contributed by atoms with E-state index in [-0.39, 0.29) is 18.9 Å². The lowest BCUT2D eigenvalue weighted by molar-refractivity contribution is -0.143. The van der Waals surface area contributed by atoms with E-state index in [0.717, 1.165) is 0 Å². The molecule has 0 fully saturated rings. The SMILES string of the molecule is CC(C)C[C@H](NC(=O)CNC(=O)[C@H](C)N)C(=O)N[C@H](C(=O)N[C@@H](CO)C(=O)O)C(C)C. The van der Waals surface area contributed by atoms with E-state index in [1.165, 1.54) is 6.92 Å². The number of rotatable bonds is 13. The Bertz CT molecular complexity index is 652. The zero-order chi connectivity index (χ0) is 24.3. The Kier molecular flexibility index (Phi) is 12.4. The Morgan fingerprint density at radius 1 is 0.839 bits per heavy atom. The van der Waals surface area contributed by atoms with Crippen LogP contribution in [0.3, 0.4) is 0 Å². The fourth-order valence-electron chi connectivity index (χ4n) is 2.51. The summed E-state index contributed by atoms with van der Waals surface area (Å²) in [5.41, 5.74) is 5.41. The van der Waals surface area contributed by atoms with Gasteiger partial charge in [-0.3, -0.25) is 19.2 Å². The normalized spacial score (nSPS) is 14.9. The topological polar surface area (TPSA) is 200 Å². The summed E-state index contributed by atoms with van der Waals surface area (Å²) >= 11 is 0. The lowest BCUT2D eigenvalue weighted by Crippen LogP contribution is -2.58. The molecule has 0 rings (SSSR count). The third-order valence-electron chi connectivity index (χ3n) is 4.24. The molecule has 12 nitrogen and oxygen atoms in total. The smallest absolute Gasteiger partial charge is 0.328 e. The van der Waals surface area contributed by atoms with Crippen LogP contribution in [0.1, 0.15) is 41.0 Å². The summed E-state index contributed by atoms with van der Waals surface area (Å²) in [4.78, 5) is 59.9.